The Labute approximate surface area is 156 Å². The minimum absolute atomic E-state index is 0.453. The van der Waals surface area contributed by atoms with Crippen molar-refractivity contribution in [2.75, 3.05) is 6.61 Å². The highest BCUT2D eigenvalue weighted by Crippen LogP contribution is 2.66. The van der Waals surface area contributed by atoms with Crippen molar-refractivity contribution < 1.29 is 4.74 Å². The van der Waals surface area contributed by atoms with Gasteiger partial charge in [-0.25, -0.2) is 0 Å². The molecule has 0 aromatic rings. The summed E-state index contributed by atoms with van der Waals surface area (Å²) in [6.45, 7) is 10.5. The van der Waals surface area contributed by atoms with Crippen LogP contribution in [0.1, 0.15) is 91.9 Å². The number of fused-ring (bicyclic) bond motifs is 5. The summed E-state index contributed by atoms with van der Waals surface area (Å²) in [6.07, 6.45) is 17.5. The smallest absolute Gasteiger partial charge is 0.0653 e. The molecule has 0 spiro atoms. The van der Waals surface area contributed by atoms with Crippen molar-refractivity contribution in [2.24, 2.45) is 34.5 Å². The molecule has 0 heterocycles. The van der Waals surface area contributed by atoms with E-state index in [1.807, 2.05) is 0 Å². The molecule has 0 saturated heterocycles. The van der Waals surface area contributed by atoms with Gasteiger partial charge in [-0.05, 0) is 99.7 Å². The molecule has 1 nitrogen and oxygen atoms in total. The Morgan fingerprint density at radius 2 is 1.68 bits per heavy atom. The maximum Gasteiger partial charge on any atom is 0.0653 e. The highest BCUT2D eigenvalue weighted by molar-refractivity contribution is 5.09. The lowest BCUT2D eigenvalue weighted by atomic mass is 9.45. The molecular formula is C24H40O. The molecule has 0 radical (unpaired) electrons. The van der Waals surface area contributed by atoms with E-state index in [1.165, 1.54) is 69.8 Å². The Hall–Kier alpha value is -0.300. The number of allylic oxidation sites excluding steroid dienone is 1. The second kappa shape index (κ2) is 6.70. The minimum atomic E-state index is 0.453. The van der Waals surface area contributed by atoms with E-state index in [0.29, 0.717) is 16.9 Å². The maximum atomic E-state index is 6.42. The van der Waals surface area contributed by atoms with Crippen molar-refractivity contribution in [3.63, 3.8) is 0 Å². The van der Waals surface area contributed by atoms with Gasteiger partial charge in [-0.3, -0.25) is 0 Å². The molecule has 1 heteroatoms. The summed E-state index contributed by atoms with van der Waals surface area (Å²) in [7, 11) is 0. The molecule has 142 valence electrons. The molecule has 0 aliphatic heterocycles. The lowest BCUT2D eigenvalue weighted by Gasteiger charge is -2.60. The average Bonchev–Trinajstić information content (AvgIpc) is 2.91. The van der Waals surface area contributed by atoms with Gasteiger partial charge in [0.15, 0.2) is 0 Å². The number of ether oxygens (including phenoxy) is 1. The van der Waals surface area contributed by atoms with Gasteiger partial charge >= 0.3 is 0 Å². The van der Waals surface area contributed by atoms with Crippen LogP contribution in [0.4, 0.5) is 0 Å². The van der Waals surface area contributed by atoms with Crippen LogP contribution in [0.5, 0.6) is 0 Å². The molecule has 0 aromatic carbocycles. The Kier molecular flexibility index (Phi) is 4.84. The van der Waals surface area contributed by atoms with Crippen LogP contribution in [0.3, 0.4) is 0 Å². The van der Waals surface area contributed by atoms with Crippen LogP contribution in [0.15, 0.2) is 11.6 Å². The van der Waals surface area contributed by atoms with Gasteiger partial charge in [-0.15, -0.1) is 0 Å². The zero-order valence-electron chi connectivity index (χ0n) is 17.2. The van der Waals surface area contributed by atoms with Crippen LogP contribution in [0.25, 0.3) is 0 Å². The van der Waals surface area contributed by atoms with Crippen molar-refractivity contribution in [2.45, 2.75) is 98.0 Å². The molecule has 0 amide bonds. The Morgan fingerprint density at radius 3 is 2.48 bits per heavy atom. The first-order chi connectivity index (χ1) is 11.9. The molecule has 25 heavy (non-hydrogen) atoms. The van der Waals surface area contributed by atoms with E-state index >= 15 is 0 Å². The van der Waals surface area contributed by atoms with E-state index in [2.05, 4.69) is 33.8 Å². The third kappa shape index (κ3) is 2.93. The van der Waals surface area contributed by atoms with Gasteiger partial charge in [0.2, 0.25) is 0 Å². The largest absolute Gasteiger partial charge is 0.374 e. The summed E-state index contributed by atoms with van der Waals surface area (Å²) in [5, 5.41) is 0. The van der Waals surface area contributed by atoms with Gasteiger partial charge in [-0.1, -0.05) is 38.3 Å². The first-order valence-corrected chi connectivity index (χ1v) is 11.2. The van der Waals surface area contributed by atoms with Crippen LogP contribution in [0.2, 0.25) is 0 Å². The predicted molar refractivity (Wildman–Crippen MR) is 106 cm³/mol. The summed E-state index contributed by atoms with van der Waals surface area (Å²) in [5.74, 6) is 3.98. The molecule has 4 rings (SSSR count). The van der Waals surface area contributed by atoms with Crippen LogP contribution in [-0.2, 0) is 4.74 Å². The van der Waals surface area contributed by atoms with Crippen molar-refractivity contribution >= 4 is 0 Å². The quantitative estimate of drug-likeness (QED) is 0.513. The van der Waals surface area contributed by atoms with Crippen LogP contribution in [0, 0.1) is 34.5 Å². The van der Waals surface area contributed by atoms with Gasteiger partial charge in [-0.2, -0.15) is 0 Å². The molecule has 0 aromatic heterocycles. The van der Waals surface area contributed by atoms with Crippen molar-refractivity contribution in [3.05, 3.63) is 11.6 Å². The minimum Gasteiger partial charge on any atom is -0.374 e. The second-order valence-corrected chi connectivity index (χ2v) is 10.6. The molecule has 4 aliphatic carbocycles. The molecule has 7 atom stereocenters. The van der Waals surface area contributed by atoms with E-state index in [1.54, 1.807) is 0 Å². The number of hydrogen-bond donors (Lipinski definition) is 0. The zero-order chi connectivity index (χ0) is 17.7. The lowest BCUT2D eigenvalue weighted by Crippen LogP contribution is -2.53. The van der Waals surface area contributed by atoms with Gasteiger partial charge < -0.3 is 4.74 Å². The molecule has 4 saturated carbocycles. The van der Waals surface area contributed by atoms with E-state index in [-0.39, 0.29) is 0 Å². The summed E-state index contributed by atoms with van der Waals surface area (Å²) in [5.41, 5.74) is 2.50. The number of rotatable bonds is 3. The Bertz CT molecular complexity index is 518. The highest BCUT2D eigenvalue weighted by atomic mass is 16.5. The fourth-order valence-corrected chi connectivity index (χ4v) is 7.85. The Morgan fingerprint density at radius 1 is 0.880 bits per heavy atom. The molecule has 2 unspecified atom stereocenters. The van der Waals surface area contributed by atoms with E-state index in [9.17, 15) is 0 Å². The van der Waals surface area contributed by atoms with E-state index < -0.39 is 0 Å². The average molecular weight is 345 g/mol. The standard InChI is InChI=1S/C24H40O/c1-17(2)13-16-25-22-11-10-20-19-9-8-18-7-5-6-14-23(18,3)21(19)12-15-24(20,22)4/h13,18-22H,5-12,14-16H2,1-4H3/t18?,19-,20-,21+,22?,23-,24-/m0/s1. The van der Waals surface area contributed by atoms with Gasteiger partial charge in [0, 0.05) is 0 Å². The van der Waals surface area contributed by atoms with Gasteiger partial charge in [0.05, 0.1) is 12.7 Å². The van der Waals surface area contributed by atoms with Crippen LogP contribution in [-0.4, -0.2) is 12.7 Å². The molecule has 4 fully saturated rings. The third-order valence-electron chi connectivity index (χ3n) is 9.29. The normalized spacial score (nSPS) is 49.0. The summed E-state index contributed by atoms with van der Waals surface area (Å²) in [4.78, 5) is 0. The topological polar surface area (TPSA) is 9.23 Å². The Balaban J connectivity index is 1.50. The monoisotopic (exact) mass is 344 g/mol. The SMILES string of the molecule is CC(C)=CCOC1CC[C@H]2[C@@H]3CCC4CCCC[C@]4(C)[C@@H]3CC[C@]12C. The van der Waals surface area contributed by atoms with E-state index in [0.717, 1.165) is 30.3 Å². The first-order valence-electron chi connectivity index (χ1n) is 11.2. The van der Waals surface area contributed by atoms with Crippen LogP contribution < -0.4 is 0 Å². The molecular weight excluding hydrogens is 304 g/mol. The number of hydrogen-bond acceptors (Lipinski definition) is 1. The second-order valence-electron chi connectivity index (χ2n) is 10.6. The van der Waals surface area contributed by atoms with Crippen molar-refractivity contribution in [1.82, 2.24) is 0 Å². The van der Waals surface area contributed by atoms with Crippen molar-refractivity contribution in [3.8, 4) is 0 Å². The predicted octanol–water partition coefficient (Wildman–Crippen LogP) is 6.77. The van der Waals surface area contributed by atoms with E-state index in [4.69, 9.17) is 4.74 Å². The summed E-state index contributed by atoms with van der Waals surface area (Å²) >= 11 is 0. The van der Waals surface area contributed by atoms with Gasteiger partial charge in [0.25, 0.3) is 0 Å². The fraction of sp³-hybridized carbons (Fsp3) is 0.917. The molecule has 4 aliphatic rings. The third-order valence-corrected chi connectivity index (χ3v) is 9.29. The van der Waals surface area contributed by atoms with Crippen molar-refractivity contribution in [1.29, 1.82) is 0 Å². The fourth-order valence-electron chi connectivity index (χ4n) is 7.85. The molecule has 0 bridgehead atoms. The van der Waals surface area contributed by atoms with Crippen LogP contribution >= 0.6 is 0 Å². The summed E-state index contributed by atoms with van der Waals surface area (Å²) < 4.78 is 6.42. The first kappa shape index (κ1) is 18.1. The zero-order valence-corrected chi connectivity index (χ0v) is 17.2. The highest BCUT2D eigenvalue weighted by Gasteiger charge is 2.59. The molecule has 0 N–H and O–H groups in total. The lowest BCUT2D eigenvalue weighted by molar-refractivity contribution is -0.128. The summed E-state index contributed by atoms with van der Waals surface area (Å²) in [6, 6.07) is 0. The maximum absolute atomic E-state index is 6.42. The van der Waals surface area contributed by atoms with Gasteiger partial charge in [0.1, 0.15) is 0 Å².